The van der Waals surface area contributed by atoms with E-state index in [1.54, 1.807) is 0 Å². The van der Waals surface area contributed by atoms with Gasteiger partial charge in [-0.15, -0.1) is 11.6 Å². The Morgan fingerprint density at radius 3 is 2.44 bits per heavy atom. The minimum Gasteiger partial charge on any atom is -0.285 e. The smallest absolute Gasteiger partial charge is 0.285 e. The summed E-state index contributed by atoms with van der Waals surface area (Å²) in [7, 11) is 0. The molecule has 0 bridgehead atoms. The summed E-state index contributed by atoms with van der Waals surface area (Å²) >= 11 is 10.6. The minimum absolute atomic E-state index is 0.00447. The first kappa shape index (κ1) is 13.1. The summed E-state index contributed by atoms with van der Waals surface area (Å²) in [6.45, 7) is 0. The van der Waals surface area contributed by atoms with Crippen molar-refractivity contribution in [3.8, 4) is 0 Å². The Labute approximate surface area is 99.6 Å². The Hall–Kier alpha value is -0.940. The first-order valence-electron chi connectivity index (χ1n) is 4.06. The number of anilines is 1. The van der Waals surface area contributed by atoms with E-state index in [-0.39, 0.29) is 11.7 Å². The van der Waals surface area contributed by atoms with Crippen molar-refractivity contribution < 1.29 is 18.0 Å². The molecule has 0 heterocycles. The lowest BCUT2D eigenvalue weighted by atomic mass is 10.2. The molecule has 88 valence electrons. The van der Waals surface area contributed by atoms with E-state index < -0.39 is 17.1 Å². The zero-order valence-electron chi connectivity index (χ0n) is 7.76. The Morgan fingerprint density at radius 2 is 2.00 bits per heavy atom. The Morgan fingerprint density at radius 1 is 1.38 bits per heavy atom. The number of carbonyl (C=O) groups is 1. The zero-order valence-corrected chi connectivity index (χ0v) is 9.27. The number of benzene rings is 1. The Kier molecular flexibility index (Phi) is 4.04. The van der Waals surface area contributed by atoms with Gasteiger partial charge in [0.2, 0.25) is 0 Å². The molecule has 0 aliphatic rings. The van der Waals surface area contributed by atoms with Gasteiger partial charge in [-0.25, -0.2) is 0 Å². The number of halogens is 5. The predicted molar refractivity (Wildman–Crippen MR) is 55.9 cm³/mol. The fourth-order valence-electron chi connectivity index (χ4n) is 1.07. The number of hydrogen-bond donors (Lipinski definition) is 0. The monoisotopic (exact) mass is 271 g/mol. The van der Waals surface area contributed by atoms with Crippen LogP contribution in [0.15, 0.2) is 24.3 Å². The highest BCUT2D eigenvalue weighted by Gasteiger charge is 2.31. The molecule has 0 spiro atoms. The van der Waals surface area contributed by atoms with Crippen LogP contribution >= 0.6 is 23.2 Å². The Bertz CT molecular complexity index is 395. The summed E-state index contributed by atoms with van der Waals surface area (Å²) in [4.78, 5) is 11.7. The van der Waals surface area contributed by atoms with E-state index in [0.29, 0.717) is 0 Å². The molecule has 0 aromatic heterocycles. The second kappa shape index (κ2) is 4.93. The molecule has 0 saturated heterocycles. The second-order valence-corrected chi connectivity index (χ2v) is 3.41. The number of amides is 1. The van der Waals surface area contributed by atoms with Gasteiger partial charge in [-0.3, -0.25) is 9.69 Å². The van der Waals surface area contributed by atoms with Gasteiger partial charge in [0.15, 0.2) is 0 Å². The predicted octanol–water partition coefficient (Wildman–Crippen LogP) is 4.07. The topological polar surface area (TPSA) is 20.3 Å². The number of carbonyl (C=O) groups excluding carboxylic acids is 1. The molecule has 0 aliphatic heterocycles. The molecule has 0 fully saturated rings. The van der Waals surface area contributed by atoms with Crippen molar-refractivity contribution in [2.45, 2.75) is 6.18 Å². The van der Waals surface area contributed by atoms with Crippen LogP contribution in [-0.2, 0) is 6.18 Å². The highest BCUT2D eigenvalue weighted by atomic mass is 35.5. The second-order valence-electron chi connectivity index (χ2n) is 2.85. The number of hydrogen-bond acceptors (Lipinski definition) is 1. The van der Waals surface area contributed by atoms with Crippen LogP contribution in [0.25, 0.3) is 0 Å². The van der Waals surface area contributed by atoms with Crippen LogP contribution < -0.4 is 4.90 Å². The minimum atomic E-state index is -4.47. The van der Waals surface area contributed by atoms with Crippen LogP contribution in [0, 0.1) is 0 Å². The fraction of sp³-hybridized carbons (Fsp3) is 0.222. The van der Waals surface area contributed by atoms with Crippen LogP contribution in [0.2, 0.25) is 0 Å². The first-order valence-corrected chi connectivity index (χ1v) is 4.97. The van der Waals surface area contributed by atoms with Crippen LogP contribution in [-0.4, -0.2) is 11.4 Å². The van der Waals surface area contributed by atoms with Gasteiger partial charge in [-0.05, 0) is 29.8 Å². The van der Waals surface area contributed by atoms with Gasteiger partial charge in [0.25, 0.3) is 0 Å². The molecule has 0 saturated carbocycles. The van der Waals surface area contributed by atoms with Gasteiger partial charge < -0.3 is 0 Å². The van der Waals surface area contributed by atoms with Crippen LogP contribution in [0.3, 0.4) is 0 Å². The van der Waals surface area contributed by atoms with Crippen molar-refractivity contribution in [2.24, 2.45) is 0 Å². The summed E-state index contributed by atoms with van der Waals surface area (Å²) in [5, 5.41) is -0.936. The summed E-state index contributed by atoms with van der Waals surface area (Å²) < 4.78 is 37.1. The molecular weight excluding hydrogens is 266 g/mol. The summed E-state index contributed by atoms with van der Waals surface area (Å²) in [6, 6.07) is 3.89. The van der Waals surface area contributed by atoms with E-state index in [0.717, 1.165) is 17.0 Å². The normalized spacial score (nSPS) is 11.3. The lowest BCUT2D eigenvalue weighted by molar-refractivity contribution is -0.137. The third-order valence-electron chi connectivity index (χ3n) is 1.82. The molecule has 2 nitrogen and oxygen atoms in total. The quantitative estimate of drug-likeness (QED) is 0.451. The standard InChI is InChI=1S/C9H6Cl2F3NO/c10-5-15(8(11)16)7-3-1-2-6(4-7)9(12,13)14/h1-4H,5H2. The average Bonchev–Trinajstić information content (AvgIpc) is 2.17. The van der Waals surface area contributed by atoms with E-state index in [1.807, 2.05) is 0 Å². The zero-order chi connectivity index (χ0) is 12.3. The molecule has 16 heavy (non-hydrogen) atoms. The molecule has 1 aromatic rings. The molecule has 1 rings (SSSR count). The number of nitrogens with zero attached hydrogens (tertiary/aromatic N) is 1. The SMILES string of the molecule is O=C(Cl)N(CCl)c1cccc(C(F)(F)F)c1. The average molecular weight is 272 g/mol. The Balaban J connectivity index is 3.11. The number of rotatable bonds is 2. The van der Waals surface area contributed by atoms with Gasteiger partial charge in [0, 0.05) is 5.69 Å². The van der Waals surface area contributed by atoms with Crippen LogP contribution in [0.1, 0.15) is 5.56 Å². The highest BCUT2D eigenvalue weighted by Crippen LogP contribution is 2.31. The summed E-state index contributed by atoms with van der Waals surface area (Å²) in [6.07, 6.45) is -4.47. The van der Waals surface area contributed by atoms with Gasteiger partial charge in [-0.2, -0.15) is 13.2 Å². The van der Waals surface area contributed by atoms with Crippen molar-refractivity contribution in [1.29, 1.82) is 0 Å². The number of alkyl halides is 4. The highest BCUT2D eigenvalue weighted by molar-refractivity contribution is 6.66. The molecule has 0 aliphatic carbocycles. The van der Waals surface area contributed by atoms with Gasteiger partial charge in [0.05, 0.1) is 5.56 Å². The first-order chi connectivity index (χ1) is 7.36. The molecule has 1 amide bonds. The van der Waals surface area contributed by atoms with Crippen molar-refractivity contribution in [3.05, 3.63) is 29.8 Å². The molecule has 0 radical (unpaired) electrons. The van der Waals surface area contributed by atoms with Gasteiger partial charge >= 0.3 is 11.5 Å². The molecule has 1 aromatic carbocycles. The van der Waals surface area contributed by atoms with E-state index in [2.05, 4.69) is 0 Å². The van der Waals surface area contributed by atoms with Gasteiger partial charge in [-0.1, -0.05) is 6.07 Å². The third-order valence-corrected chi connectivity index (χ3v) is 2.26. The molecular formula is C9H6Cl2F3NO. The summed E-state index contributed by atoms with van der Waals surface area (Å²) in [5.74, 6) is 0. The van der Waals surface area contributed by atoms with Crippen molar-refractivity contribution in [1.82, 2.24) is 0 Å². The maximum atomic E-state index is 12.4. The molecule has 0 atom stereocenters. The molecule has 0 unspecified atom stereocenters. The fourth-order valence-corrected chi connectivity index (χ4v) is 1.53. The maximum absolute atomic E-state index is 12.4. The van der Waals surface area contributed by atoms with Crippen molar-refractivity contribution in [2.75, 3.05) is 10.9 Å². The largest absolute Gasteiger partial charge is 0.416 e. The van der Waals surface area contributed by atoms with Gasteiger partial charge in [0.1, 0.15) is 6.00 Å². The molecule has 7 heteroatoms. The lowest BCUT2D eigenvalue weighted by Gasteiger charge is -2.17. The van der Waals surface area contributed by atoms with Crippen LogP contribution in [0.4, 0.5) is 23.7 Å². The molecule has 0 N–H and O–H groups in total. The third kappa shape index (κ3) is 3.02. The van der Waals surface area contributed by atoms with Crippen LogP contribution in [0.5, 0.6) is 0 Å². The van der Waals surface area contributed by atoms with E-state index >= 15 is 0 Å². The van der Waals surface area contributed by atoms with E-state index in [1.165, 1.54) is 12.1 Å². The summed E-state index contributed by atoms with van der Waals surface area (Å²) in [5.41, 5.74) is -0.858. The maximum Gasteiger partial charge on any atom is 0.416 e. The van der Waals surface area contributed by atoms with E-state index in [4.69, 9.17) is 23.2 Å². The van der Waals surface area contributed by atoms with Crippen molar-refractivity contribution >= 4 is 34.3 Å². The van der Waals surface area contributed by atoms with Crippen molar-refractivity contribution in [3.63, 3.8) is 0 Å². The van der Waals surface area contributed by atoms with E-state index in [9.17, 15) is 18.0 Å². The lowest BCUT2D eigenvalue weighted by Crippen LogP contribution is -2.24.